The first-order valence-corrected chi connectivity index (χ1v) is 15.9. The van der Waals surface area contributed by atoms with Crippen LogP contribution in [0, 0.1) is 5.82 Å². The molecule has 0 fully saturated rings. The number of hydrogen-bond donors (Lipinski definition) is 1. The van der Waals surface area contributed by atoms with Crippen molar-refractivity contribution in [1.29, 1.82) is 0 Å². The molecule has 8 nitrogen and oxygen atoms in total. The third-order valence-electron chi connectivity index (χ3n) is 9.48. The molecule has 9 heteroatoms. The summed E-state index contributed by atoms with van der Waals surface area (Å²) >= 11 is 0. The lowest BCUT2D eigenvalue weighted by atomic mass is 9.81. The van der Waals surface area contributed by atoms with Crippen molar-refractivity contribution in [3.8, 4) is 0 Å². The average Bonchev–Trinajstić information content (AvgIpc) is 3.66. The predicted molar refractivity (Wildman–Crippen MR) is 176 cm³/mol. The van der Waals surface area contributed by atoms with Gasteiger partial charge < -0.3 is 9.40 Å². The number of carbonyl (C=O) groups is 4. The zero-order valence-corrected chi connectivity index (χ0v) is 27.2. The Morgan fingerprint density at radius 3 is 2.00 bits per heavy atom. The van der Waals surface area contributed by atoms with E-state index < -0.39 is 0 Å². The first-order chi connectivity index (χ1) is 22.4. The maximum Gasteiger partial charge on any atom is 0.195 e. The molecule has 0 aliphatic heterocycles. The molecular formula is C38H36FN3O5. The van der Waals surface area contributed by atoms with Crippen LogP contribution >= 0.6 is 0 Å². The zero-order valence-electron chi connectivity index (χ0n) is 27.2. The molecule has 2 aromatic heterocycles. The lowest BCUT2D eigenvalue weighted by Crippen LogP contribution is -2.23. The highest BCUT2D eigenvalue weighted by Gasteiger charge is 2.30. The van der Waals surface area contributed by atoms with Gasteiger partial charge >= 0.3 is 0 Å². The van der Waals surface area contributed by atoms with Crippen molar-refractivity contribution in [2.24, 2.45) is 0 Å². The Balaban J connectivity index is 1.09. The van der Waals surface area contributed by atoms with E-state index in [1.54, 1.807) is 40.7 Å². The molecule has 2 aliphatic carbocycles. The number of benzene rings is 2. The van der Waals surface area contributed by atoms with Crippen molar-refractivity contribution >= 4 is 45.3 Å². The van der Waals surface area contributed by atoms with E-state index in [-0.39, 0.29) is 29.0 Å². The number of oxazole rings is 1. The summed E-state index contributed by atoms with van der Waals surface area (Å²) in [5.74, 6) is 0.514. The van der Waals surface area contributed by atoms with E-state index in [4.69, 9.17) is 4.42 Å². The summed E-state index contributed by atoms with van der Waals surface area (Å²) < 4.78 is 19.5. The van der Waals surface area contributed by atoms with Gasteiger partial charge in [-0.05, 0) is 90.1 Å². The Morgan fingerprint density at radius 1 is 0.638 bits per heavy atom. The fourth-order valence-corrected chi connectivity index (χ4v) is 6.47. The minimum Gasteiger partial charge on any atom is -0.441 e. The number of imidazole rings is 1. The summed E-state index contributed by atoms with van der Waals surface area (Å²) in [7, 11) is 0. The third kappa shape index (κ3) is 6.10. The Kier molecular flexibility index (Phi) is 8.57. The van der Waals surface area contributed by atoms with Crippen LogP contribution in [0.25, 0.3) is 22.1 Å². The van der Waals surface area contributed by atoms with Crippen LogP contribution in [-0.2, 0) is 38.4 Å². The number of ketones is 4. The molecule has 47 heavy (non-hydrogen) atoms. The van der Waals surface area contributed by atoms with Gasteiger partial charge in [-0.2, -0.15) is 0 Å². The quantitative estimate of drug-likeness (QED) is 0.182. The van der Waals surface area contributed by atoms with Crippen molar-refractivity contribution < 1.29 is 28.0 Å². The molecule has 0 saturated heterocycles. The van der Waals surface area contributed by atoms with Crippen LogP contribution in [0.3, 0.4) is 0 Å². The maximum atomic E-state index is 13.5. The van der Waals surface area contributed by atoms with Crippen molar-refractivity contribution in [2.45, 2.75) is 79.6 Å². The molecule has 0 spiro atoms. The van der Waals surface area contributed by atoms with E-state index >= 15 is 0 Å². The summed E-state index contributed by atoms with van der Waals surface area (Å²) in [4.78, 5) is 64.3. The van der Waals surface area contributed by atoms with E-state index in [1.807, 2.05) is 18.2 Å². The van der Waals surface area contributed by atoms with Gasteiger partial charge in [-0.1, -0.05) is 6.07 Å². The van der Waals surface area contributed by atoms with Crippen LogP contribution in [-0.4, -0.2) is 38.1 Å². The summed E-state index contributed by atoms with van der Waals surface area (Å²) in [5.41, 5.74) is 7.43. The van der Waals surface area contributed by atoms with Crippen molar-refractivity contribution in [1.82, 2.24) is 15.0 Å². The SMILES string of the molecule is CC1=C(C)C(=O)C(CCCc2nc3ccc(CC4=C(C)C(=O)C(CCCc5nc6cc(F)ccc6[nH]5)=C(C)C4=O)cc3o2)=C(C)C1=O. The molecule has 2 heterocycles. The molecule has 0 unspecified atom stereocenters. The highest BCUT2D eigenvalue weighted by atomic mass is 19.1. The van der Waals surface area contributed by atoms with Gasteiger partial charge in [0.25, 0.3) is 0 Å². The Bertz CT molecular complexity index is 2150. The second-order valence-electron chi connectivity index (χ2n) is 12.5. The number of carbonyl (C=O) groups excluding carboxylic acids is 4. The van der Waals surface area contributed by atoms with Gasteiger partial charge in [0.1, 0.15) is 17.2 Å². The summed E-state index contributed by atoms with van der Waals surface area (Å²) in [5, 5.41) is 0. The average molecular weight is 634 g/mol. The summed E-state index contributed by atoms with van der Waals surface area (Å²) in [6, 6.07) is 10.00. The maximum absolute atomic E-state index is 13.5. The number of nitrogens with one attached hydrogen (secondary N) is 1. The number of fused-ring (bicyclic) bond motifs is 2. The molecular weight excluding hydrogens is 597 g/mol. The molecule has 2 aromatic carbocycles. The molecule has 2 aliphatic rings. The molecule has 0 radical (unpaired) electrons. The molecule has 0 bridgehead atoms. The number of Topliss-reactive ketones (excluding diaryl/α,β-unsaturated/α-hetero) is 4. The van der Waals surface area contributed by atoms with E-state index in [9.17, 15) is 23.6 Å². The minimum absolute atomic E-state index is 0.0687. The van der Waals surface area contributed by atoms with Crippen LogP contribution in [0.5, 0.6) is 0 Å². The van der Waals surface area contributed by atoms with Crippen molar-refractivity contribution in [3.05, 3.63) is 104 Å². The number of rotatable bonds is 10. The van der Waals surface area contributed by atoms with Gasteiger partial charge in [-0.25, -0.2) is 14.4 Å². The van der Waals surface area contributed by atoms with Crippen LogP contribution in [0.2, 0.25) is 0 Å². The molecule has 0 amide bonds. The summed E-state index contributed by atoms with van der Waals surface area (Å²) in [6.45, 7) is 8.52. The highest BCUT2D eigenvalue weighted by molar-refractivity contribution is 6.25. The fraction of sp³-hybridized carbons (Fsp3) is 0.316. The second-order valence-corrected chi connectivity index (χ2v) is 12.5. The molecule has 6 rings (SSSR count). The van der Waals surface area contributed by atoms with Crippen LogP contribution in [0.4, 0.5) is 4.39 Å². The van der Waals surface area contributed by atoms with Gasteiger partial charge in [0.05, 0.1) is 11.0 Å². The minimum atomic E-state index is -0.344. The standard InChI is InChI=1S/C38H36FN3O5/c1-19-20(2)36(44)26(21(3)35(19)43)9-7-11-34-42-30-14-12-24(17-32(30)47-34)16-28-23(5)37(45)27(22(4)38(28)46)8-6-10-33-40-29-15-13-25(39)18-31(29)41-33/h12-15,17-18H,6-11,16H2,1-5H3,(H,40,41). The van der Waals surface area contributed by atoms with Gasteiger partial charge in [0.2, 0.25) is 0 Å². The normalized spacial score (nSPS) is 16.3. The first-order valence-electron chi connectivity index (χ1n) is 15.9. The smallest absolute Gasteiger partial charge is 0.195 e. The Morgan fingerprint density at radius 2 is 1.26 bits per heavy atom. The van der Waals surface area contributed by atoms with Gasteiger partial charge in [0.15, 0.2) is 34.6 Å². The second kappa shape index (κ2) is 12.6. The van der Waals surface area contributed by atoms with Gasteiger partial charge in [-0.3, -0.25) is 19.2 Å². The monoisotopic (exact) mass is 633 g/mol. The Labute approximate surface area is 271 Å². The lowest BCUT2D eigenvalue weighted by Gasteiger charge is -2.20. The van der Waals surface area contributed by atoms with E-state index in [1.165, 1.54) is 12.1 Å². The fourth-order valence-electron chi connectivity index (χ4n) is 6.47. The van der Waals surface area contributed by atoms with Crippen LogP contribution in [0.1, 0.15) is 77.6 Å². The van der Waals surface area contributed by atoms with Gasteiger partial charge in [0, 0.05) is 69.9 Å². The predicted octanol–water partition coefficient (Wildman–Crippen LogP) is 7.32. The van der Waals surface area contributed by atoms with Gasteiger partial charge in [-0.15, -0.1) is 0 Å². The van der Waals surface area contributed by atoms with Crippen molar-refractivity contribution in [3.63, 3.8) is 0 Å². The lowest BCUT2D eigenvalue weighted by molar-refractivity contribution is -0.116. The van der Waals surface area contributed by atoms with E-state index in [2.05, 4.69) is 15.0 Å². The number of aromatic amines is 1. The Hall–Kier alpha value is -5.05. The molecule has 1 N–H and O–H groups in total. The third-order valence-corrected chi connectivity index (χ3v) is 9.48. The van der Waals surface area contributed by atoms with E-state index in [0.717, 1.165) is 11.1 Å². The molecule has 4 aromatic rings. The van der Waals surface area contributed by atoms with Crippen molar-refractivity contribution in [2.75, 3.05) is 0 Å². The number of aryl methyl sites for hydroxylation is 2. The van der Waals surface area contributed by atoms with Crippen LogP contribution < -0.4 is 0 Å². The first kappa shape index (κ1) is 31.9. The van der Waals surface area contributed by atoms with E-state index in [0.29, 0.717) is 118 Å². The summed E-state index contributed by atoms with van der Waals surface area (Å²) in [6.07, 6.45) is 3.48. The zero-order chi connectivity index (χ0) is 33.6. The largest absolute Gasteiger partial charge is 0.441 e. The highest BCUT2D eigenvalue weighted by Crippen LogP contribution is 2.31. The molecule has 240 valence electrons. The number of nitrogens with zero attached hydrogens (tertiary/aromatic N) is 2. The van der Waals surface area contributed by atoms with Crippen LogP contribution in [0.15, 0.2) is 85.4 Å². The topological polar surface area (TPSA) is 123 Å². The molecule has 0 saturated carbocycles. The number of hydrogen-bond acceptors (Lipinski definition) is 7. The number of aromatic nitrogens is 3. The number of H-pyrrole nitrogens is 1. The number of allylic oxidation sites excluding steroid dienone is 8. The molecule has 0 atom stereocenters. The number of halogens is 1.